The SMILES string of the molecule is c1ccc(-n2c3ccccc3c3cc4c(ccc5c6ccccc6n(-c6ccc(-c7cccc8ccccc78)cc6)c45)cc32)cc1. The summed E-state index contributed by atoms with van der Waals surface area (Å²) in [6.07, 6.45) is 0. The maximum absolute atomic E-state index is 2.46. The van der Waals surface area contributed by atoms with Gasteiger partial charge in [-0.1, -0.05) is 121 Å². The quantitative estimate of drug-likeness (QED) is 0.195. The van der Waals surface area contributed by atoms with Crippen LogP contribution in [0.3, 0.4) is 0 Å². The highest BCUT2D eigenvalue weighted by molar-refractivity contribution is 6.22. The van der Waals surface area contributed by atoms with Gasteiger partial charge in [-0.05, 0) is 75.8 Å². The molecule has 0 spiro atoms. The van der Waals surface area contributed by atoms with E-state index in [1.54, 1.807) is 0 Å². The molecule has 0 saturated heterocycles. The summed E-state index contributed by atoms with van der Waals surface area (Å²) in [4.78, 5) is 0. The fourth-order valence-electron chi connectivity index (χ4n) is 7.64. The minimum Gasteiger partial charge on any atom is -0.309 e. The number of rotatable bonds is 3. The van der Waals surface area contributed by atoms with Crippen LogP contribution in [0.15, 0.2) is 170 Å². The number of fused-ring (bicyclic) bond motifs is 9. The molecule has 0 fully saturated rings. The maximum Gasteiger partial charge on any atom is 0.0619 e. The van der Waals surface area contributed by atoms with Gasteiger partial charge in [0.05, 0.1) is 22.1 Å². The largest absolute Gasteiger partial charge is 0.309 e. The number of hydrogen-bond acceptors (Lipinski definition) is 0. The third-order valence-corrected chi connectivity index (χ3v) is 9.68. The van der Waals surface area contributed by atoms with E-state index >= 15 is 0 Å². The van der Waals surface area contributed by atoms with Crippen molar-refractivity contribution in [2.24, 2.45) is 0 Å². The second-order valence-electron chi connectivity index (χ2n) is 12.2. The monoisotopic (exact) mass is 584 g/mol. The highest BCUT2D eigenvalue weighted by Gasteiger charge is 2.18. The van der Waals surface area contributed by atoms with E-state index in [0.29, 0.717) is 0 Å². The first kappa shape index (κ1) is 25.2. The molecule has 0 unspecified atom stereocenters. The van der Waals surface area contributed by atoms with Crippen LogP contribution in [0.5, 0.6) is 0 Å². The lowest BCUT2D eigenvalue weighted by molar-refractivity contribution is 1.18. The van der Waals surface area contributed by atoms with Crippen molar-refractivity contribution < 1.29 is 0 Å². The highest BCUT2D eigenvalue weighted by atomic mass is 15.0. The zero-order valence-corrected chi connectivity index (χ0v) is 25.1. The van der Waals surface area contributed by atoms with Crippen LogP contribution in [0.4, 0.5) is 0 Å². The van der Waals surface area contributed by atoms with E-state index in [-0.39, 0.29) is 0 Å². The van der Waals surface area contributed by atoms with Gasteiger partial charge >= 0.3 is 0 Å². The zero-order valence-electron chi connectivity index (χ0n) is 25.1. The van der Waals surface area contributed by atoms with Crippen molar-refractivity contribution in [2.75, 3.05) is 0 Å². The number of nitrogens with zero attached hydrogens (tertiary/aromatic N) is 2. The van der Waals surface area contributed by atoms with Gasteiger partial charge in [0.1, 0.15) is 0 Å². The van der Waals surface area contributed by atoms with Gasteiger partial charge in [0.2, 0.25) is 0 Å². The molecule has 2 heteroatoms. The minimum absolute atomic E-state index is 1.16. The molecule has 0 radical (unpaired) electrons. The van der Waals surface area contributed by atoms with Gasteiger partial charge in [-0.15, -0.1) is 0 Å². The number of benzene rings is 8. The molecule has 10 rings (SSSR count). The molecule has 0 N–H and O–H groups in total. The van der Waals surface area contributed by atoms with Crippen LogP contribution in [0.25, 0.3) is 87.7 Å². The predicted molar refractivity (Wildman–Crippen MR) is 196 cm³/mol. The van der Waals surface area contributed by atoms with Crippen LogP contribution in [0.1, 0.15) is 0 Å². The average molecular weight is 585 g/mol. The molecule has 8 aromatic carbocycles. The average Bonchev–Trinajstić information content (AvgIpc) is 3.64. The molecule has 0 amide bonds. The fourth-order valence-corrected chi connectivity index (χ4v) is 7.64. The molecule has 2 heterocycles. The third-order valence-electron chi connectivity index (χ3n) is 9.68. The summed E-state index contributed by atoms with van der Waals surface area (Å²) >= 11 is 0. The molecule has 0 saturated carbocycles. The van der Waals surface area contributed by atoms with E-state index in [0.717, 1.165) is 5.69 Å². The Hall–Kier alpha value is -6.12. The summed E-state index contributed by atoms with van der Waals surface area (Å²) in [5, 5.41) is 10.1. The van der Waals surface area contributed by atoms with E-state index in [4.69, 9.17) is 0 Å². The lowest BCUT2D eigenvalue weighted by Crippen LogP contribution is -1.95. The molecule has 2 nitrogen and oxygen atoms in total. The highest BCUT2D eigenvalue weighted by Crippen LogP contribution is 2.41. The van der Waals surface area contributed by atoms with E-state index < -0.39 is 0 Å². The van der Waals surface area contributed by atoms with Crippen LogP contribution >= 0.6 is 0 Å². The Morgan fingerprint density at radius 3 is 1.74 bits per heavy atom. The van der Waals surface area contributed by atoms with Gasteiger partial charge in [0.15, 0.2) is 0 Å². The van der Waals surface area contributed by atoms with Gasteiger partial charge < -0.3 is 9.13 Å². The van der Waals surface area contributed by atoms with E-state index in [1.165, 1.54) is 82.0 Å². The Balaban J connectivity index is 1.26. The molecule has 46 heavy (non-hydrogen) atoms. The Morgan fingerprint density at radius 1 is 0.304 bits per heavy atom. The molecular formula is C44H28N2. The summed E-state index contributed by atoms with van der Waals surface area (Å²) < 4.78 is 4.86. The van der Waals surface area contributed by atoms with Gasteiger partial charge in [-0.2, -0.15) is 0 Å². The van der Waals surface area contributed by atoms with Crippen LogP contribution < -0.4 is 0 Å². The number of hydrogen-bond donors (Lipinski definition) is 0. The molecule has 0 aliphatic carbocycles. The standard InChI is InChI=1S/C44H28N2/c1-2-13-32(14-3-1)45-41-19-8-7-17-37(41)40-28-39-31(27-43(40)45)23-26-38-36-16-6-9-20-42(36)46(44(38)39)33-24-21-30(22-25-33)35-18-10-12-29-11-4-5-15-34(29)35/h1-28H. The van der Waals surface area contributed by atoms with Crippen molar-refractivity contribution >= 4 is 65.2 Å². The van der Waals surface area contributed by atoms with E-state index in [2.05, 4.69) is 179 Å². The lowest BCUT2D eigenvalue weighted by atomic mass is 9.98. The van der Waals surface area contributed by atoms with E-state index in [9.17, 15) is 0 Å². The predicted octanol–water partition coefficient (Wildman–Crippen LogP) is 11.9. The molecule has 0 aliphatic heterocycles. The number of aromatic nitrogens is 2. The van der Waals surface area contributed by atoms with Gasteiger partial charge in [0.25, 0.3) is 0 Å². The van der Waals surface area contributed by atoms with Crippen molar-refractivity contribution in [3.05, 3.63) is 170 Å². The Bertz CT molecular complexity index is 2770. The summed E-state index contributed by atoms with van der Waals surface area (Å²) in [7, 11) is 0. The first-order valence-corrected chi connectivity index (χ1v) is 15.9. The summed E-state index contributed by atoms with van der Waals surface area (Å²) in [5.41, 5.74) is 9.73. The maximum atomic E-state index is 2.46. The third kappa shape index (κ3) is 3.59. The molecule has 2 aromatic heterocycles. The van der Waals surface area contributed by atoms with Gasteiger partial charge in [-0.3, -0.25) is 0 Å². The Labute approximate surface area is 266 Å². The van der Waals surface area contributed by atoms with Crippen LogP contribution in [-0.2, 0) is 0 Å². The van der Waals surface area contributed by atoms with Crippen LogP contribution in [0.2, 0.25) is 0 Å². The van der Waals surface area contributed by atoms with E-state index in [1.807, 2.05) is 0 Å². The van der Waals surface area contributed by atoms with Crippen LogP contribution in [0, 0.1) is 0 Å². The second kappa shape index (κ2) is 9.69. The van der Waals surface area contributed by atoms with Crippen molar-refractivity contribution in [2.45, 2.75) is 0 Å². The number of para-hydroxylation sites is 3. The Morgan fingerprint density at radius 2 is 0.935 bits per heavy atom. The van der Waals surface area contributed by atoms with Crippen molar-refractivity contribution in [3.8, 4) is 22.5 Å². The molecule has 0 bridgehead atoms. The summed E-state index contributed by atoms with van der Waals surface area (Å²) in [5.74, 6) is 0. The summed E-state index contributed by atoms with van der Waals surface area (Å²) in [6, 6.07) is 62.0. The first-order chi connectivity index (χ1) is 22.8. The lowest BCUT2D eigenvalue weighted by Gasteiger charge is -2.13. The zero-order chi connectivity index (χ0) is 30.2. The smallest absolute Gasteiger partial charge is 0.0619 e. The first-order valence-electron chi connectivity index (χ1n) is 15.9. The normalized spacial score (nSPS) is 11.9. The molecule has 214 valence electrons. The van der Waals surface area contributed by atoms with Crippen LogP contribution in [-0.4, -0.2) is 9.13 Å². The molecule has 0 atom stereocenters. The fraction of sp³-hybridized carbons (Fsp3) is 0. The van der Waals surface area contributed by atoms with Crippen molar-refractivity contribution in [3.63, 3.8) is 0 Å². The van der Waals surface area contributed by atoms with Crippen molar-refractivity contribution in [1.29, 1.82) is 0 Å². The van der Waals surface area contributed by atoms with Gasteiger partial charge in [0, 0.05) is 38.3 Å². The summed E-state index contributed by atoms with van der Waals surface area (Å²) in [6.45, 7) is 0. The Kier molecular flexibility index (Phi) is 5.31. The second-order valence-corrected chi connectivity index (χ2v) is 12.2. The van der Waals surface area contributed by atoms with Gasteiger partial charge in [-0.25, -0.2) is 0 Å². The molecular weight excluding hydrogens is 556 g/mol. The topological polar surface area (TPSA) is 9.86 Å². The minimum atomic E-state index is 1.16. The molecule has 10 aromatic rings. The van der Waals surface area contributed by atoms with Crippen molar-refractivity contribution in [1.82, 2.24) is 9.13 Å². The molecule has 0 aliphatic rings.